The molecule has 0 aromatic carbocycles. The molecule has 2 atom stereocenters. The van der Waals surface area contributed by atoms with Crippen LogP contribution in [0.5, 0.6) is 0 Å². The highest BCUT2D eigenvalue weighted by Crippen LogP contribution is 2.31. The minimum atomic E-state index is -0.504. The van der Waals surface area contributed by atoms with Gasteiger partial charge in [-0.25, -0.2) is 9.78 Å². The van der Waals surface area contributed by atoms with Gasteiger partial charge in [0, 0.05) is 12.1 Å². The van der Waals surface area contributed by atoms with E-state index in [2.05, 4.69) is 16.1 Å². The smallest absolute Gasteiger partial charge is 0.328 e. The molecule has 1 saturated heterocycles. The van der Waals surface area contributed by atoms with Crippen molar-refractivity contribution < 1.29 is 9.53 Å². The number of thiocarbonyl (C=S) groups is 1. The molecule has 0 amide bonds. The van der Waals surface area contributed by atoms with E-state index in [1.165, 1.54) is 0 Å². The Morgan fingerprint density at radius 2 is 2.40 bits per heavy atom. The molecular weight excluding hydrogens is 290 g/mol. The number of hydrogen-bond acceptors (Lipinski definition) is 5. The fourth-order valence-electron chi connectivity index (χ4n) is 2.57. The molecule has 0 bridgehead atoms. The van der Waals surface area contributed by atoms with Gasteiger partial charge in [-0.3, -0.25) is 0 Å². The number of ether oxygens (including phenoxy) is 1. The van der Waals surface area contributed by atoms with Crippen molar-refractivity contribution in [2.45, 2.75) is 25.9 Å². The summed E-state index contributed by atoms with van der Waals surface area (Å²) in [5, 5.41) is 0. The summed E-state index contributed by atoms with van der Waals surface area (Å²) in [5.74, 6) is 0.364. The Hall–Kier alpha value is -1.47. The van der Waals surface area contributed by atoms with E-state index >= 15 is 0 Å². The highest BCUT2D eigenvalue weighted by molar-refractivity contribution is 7.80. The van der Waals surface area contributed by atoms with Gasteiger partial charge >= 0.3 is 5.97 Å². The van der Waals surface area contributed by atoms with Crippen molar-refractivity contribution in [1.82, 2.24) is 9.55 Å². The van der Waals surface area contributed by atoms with E-state index in [9.17, 15) is 4.79 Å². The summed E-state index contributed by atoms with van der Waals surface area (Å²) < 4.78 is 7.22. The van der Waals surface area contributed by atoms with Gasteiger partial charge in [-0.2, -0.15) is 0 Å². The van der Waals surface area contributed by atoms with Gasteiger partial charge < -0.3 is 15.0 Å². The first-order chi connectivity index (χ1) is 9.58. The van der Waals surface area contributed by atoms with E-state index in [1.807, 2.05) is 19.1 Å². The second-order valence-corrected chi connectivity index (χ2v) is 6.45. The van der Waals surface area contributed by atoms with Gasteiger partial charge in [0.1, 0.15) is 21.5 Å². The summed E-state index contributed by atoms with van der Waals surface area (Å²) in [4.78, 5) is 16.9. The van der Waals surface area contributed by atoms with Crippen LogP contribution in [-0.2, 0) is 16.0 Å². The van der Waals surface area contributed by atoms with Crippen molar-refractivity contribution in [1.29, 1.82) is 0 Å². The maximum absolute atomic E-state index is 12.1. The Balaban J connectivity index is 2.13. The number of carbonyl (C=O) groups excluding carboxylic acids is 1. The number of nitrogen functional groups attached to an aromatic ring is 1. The normalized spacial score (nSPS) is 22.1. The molecule has 0 aliphatic carbocycles. The van der Waals surface area contributed by atoms with Crippen molar-refractivity contribution in [2.75, 3.05) is 12.3 Å². The first kappa shape index (κ1) is 14.9. The van der Waals surface area contributed by atoms with Gasteiger partial charge in [-0.15, -0.1) is 0 Å². The average Bonchev–Trinajstić information content (AvgIpc) is 2.42. The molecule has 1 fully saturated rings. The van der Waals surface area contributed by atoms with Crippen LogP contribution in [-0.4, -0.2) is 42.8 Å². The third kappa shape index (κ3) is 2.83. The molecule has 1 aromatic heterocycles. The van der Waals surface area contributed by atoms with E-state index in [4.69, 9.17) is 22.7 Å². The number of anilines is 1. The van der Waals surface area contributed by atoms with Crippen LogP contribution in [0.2, 0.25) is 6.55 Å². The van der Waals surface area contributed by atoms with E-state index in [0.29, 0.717) is 18.8 Å². The zero-order chi connectivity index (χ0) is 14.7. The molecule has 1 aliphatic rings. The first-order valence-electron chi connectivity index (χ1n) is 6.76. The Labute approximate surface area is 126 Å². The number of nitrogens with two attached hydrogens (primary N) is 1. The van der Waals surface area contributed by atoms with Gasteiger partial charge in [0.15, 0.2) is 0 Å². The van der Waals surface area contributed by atoms with Gasteiger partial charge in [0.2, 0.25) is 0 Å². The lowest BCUT2D eigenvalue weighted by Crippen LogP contribution is -2.65. The van der Waals surface area contributed by atoms with Crippen LogP contribution in [0, 0.1) is 5.92 Å². The van der Waals surface area contributed by atoms with Gasteiger partial charge in [-0.05, 0) is 31.0 Å². The third-order valence-electron chi connectivity index (χ3n) is 3.49. The molecule has 2 rings (SSSR count). The molecule has 0 unspecified atom stereocenters. The lowest BCUT2D eigenvalue weighted by atomic mass is 9.85. The number of nitrogens with zero attached hydrogens (tertiary/aromatic N) is 2. The van der Waals surface area contributed by atoms with Crippen LogP contribution in [0.25, 0.3) is 0 Å². The van der Waals surface area contributed by atoms with Crippen LogP contribution in [0.4, 0.5) is 5.82 Å². The van der Waals surface area contributed by atoms with Crippen LogP contribution in [0.3, 0.4) is 0 Å². The van der Waals surface area contributed by atoms with E-state index in [-0.39, 0.29) is 17.9 Å². The SMILES string of the molecule is CCOC(=O)[C@@H]1[C@@H](Cc2ccnc(N)c2)C(=S)N1[SiH2]C. The van der Waals surface area contributed by atoms with Crippen molar-refractivity contribution in [3.05, 3.63) is 23.9 Å². The second-order valence-electron chi connectivity index (χ2n) is 4.72. The first-order valence-corrected chi connectivity index (χ1v) is 9.21. The number of carbonyl (C=O) groups is 1. The zero-order valence-corrected chi connectivity index (χ0v) is 13.9. The molecule has 5 nitrogen and oxygen atoms in total. The Morgan fingerprint density at radius 1 is 1.65 bits per heavy atom. The summed E-state index contributed by atoms with van der Waals surface area (Å²) in [6.07, 6.45) is 2.39. The van der Waals surface area contributed by atoms with Crippen molar-refractivity contribution in [3.8, 4) is 0 Å². The van der Waals surface area contributed by atoms with Crippen LogP contribution < -0.4 is 5.73 Å². The van der Waals surface area contributed by atoms with E-state index in [0.717, 1.165) is 10.6 Å². The predicted molar refractivity (Wildman–Crippen MR) is 85.1 cm³/mol. The molecular formula is C13H19N3O2SSi. The number of pyridine rings is 1. The number of esters is 1. The average molecular weight is 309 g/mol. The molecule has 0 saturated carbocycles. The minimum absolute atomic E-state index is 0.0401. The van der Waals surface area contributed by atoms with E-state index in [1.54, 1.807) is 6.20 Å². The summed E-state index contributed by atoms with van der Waals surface area (Å²) in [6, 6.07) is 3.53. The molecule has 2 heterocycles. The molecule has 1 aliphatic heterocycles. The topological polar surface area (TPSA) is 68.4 Å². The lowest BCUT2D eigenvalue weighted by molar-refractivity contribution is -0.149. The Kier molecular flexibility index (Phi) is 4.72. The molecule has 7 heteroatoms. The summed E-state index contributed by atoms with van der Waals surface area (Å²) in [5.41, 5.74) is 6.74. The molecule has 1 aromatic rings. The van der Waals surface area contributed by atoms with Crippen molar-refractivity contribution in [2.24, 2.45) is 5.92 Å². The number of rotatable bonds is 5. The standard InChI is InChI=1S/C13H19N3O2SSi/c1-3-18-13(17)11-9(12(19)16(11)20-2)6-8-4-5-15-10(14)7-8/h4-5,7,9,11H,3,6,20H2,1-2H3,(H2,14,15)/t9-,11+/m1/s1. The quantitative estimate of drug-likeness (QED) is 0.486. The van der Waals surface area contributed by atoms with Crippen LogP contribution in [0.1, 0.15) is 12.5 Å². The largest absolute Gasteiger partial charge is 0.464 e. The highest BCUT2D eigenvalue weighted by atomic mass is 32.1. The highest BCUT2D eigenvalue weighted by Gasteiger charge is 2.47. The van der Waals surface area contributed by atoms with Crippen molar-refractivity contribution >= 4 is 38.7 Å². The second kappa shape index (κ2) is 6.32. The maximum atomic E-state index is 12.1. The molecule has 108 valence electrons. The summed E-state index contributed by atoms with van der Waals surface area (Å²) in [6.45, 7) is 4.34. The van der Waals surface area contributed by atoms with E-state index < -0.39 is 9.68 Å². The molecule has 0 radical (unpaired) electrons. The Morgan fingerprint density at radius 3 is 3.00 bits per heavy atom. The molecule has 20 heavy (non-hydrogen) atoms. The molecule has 2 N–H and O–H groups in total. The lowest BCUT2D eigenvalue weighted by Gasteiger charge is -2.48. The maximum Gasteiger partial charge on any atom is 0.328 e. The number of hydrogen-bond donors (Lipinski definition) is 1. The fourth-order valence-corrected chi connectivity index (χ4v) is 4.62. The van der Waals surface area contributed by atoms with Gasteiger partial charge in [0.05, 0.1) is 11.6 Å². The van der Waals surface area contributed by atoms with Gasteiger partial charge in [-0.1, -0.05) is 18.8 Å². The summed E-state index contributed by atoms with van der Waals surface area (Å²) in [7, 11) is -0.504. The monoisotopic (exact) mass is 309 g/mol. The predicted octanol–water partition coefficient (Wildman–Crippen LogP) is 0.529. The number of aromatic nitrogens is 1. The third-order valence-corrected chi connectivity index (χ3v) is 5.67. The minimum Gasteiger partial charge on any atom is -0.464 e. The summed E-state index contributed by atoms with van der Waals surface area (Å²) >= 11 is 5.44. The zero-order valence-electron chi connectivity index (χ0n) is 11.7. The fraction of sp³-hybridized carbons (Fsp3) is 0.462. The van der Waals surface area contributed by atoms with Crippen LogP contribution in [0.15, 0.2) is 18.3 Å². The molecule has 0 spiro atoms. The van der Waals surface area contributed by atoms with Crippen LogP contribution >= 0.6 is 12.2 Å². The van der Waals surface area contributed by atoms with Crippen molar-refractivity contribution in [3.63, 3.8) is 0 Å². The Bertz CT molecular complexity index is 526. The van der Waals surface area contributed by atoms with Gasteiger partial charge in [0.25, 0.3) is 0 Å².